The first-order chi connectivity index (χ1) is 27.3. The molecule has 2 heteroatoms. The summed E-state index contributed by atoms with van der Waals surface area (Å²) in [4.78, 5) is 2.39. The van der Waals surface area contributed by atoms with Gasteiger partial charge in [0.1, 0.15) is 5.58 Å². The minimum atomic E-state index is -0.437. The van der Waals surface area contributed by atoms with E-state index in [0.29, 0.717) is 0 Å². The Balaban J connectivity index is 1.15. The van der Waals surface area contributed by atoms with Gasteiger partial charge < -0.3 is 9.32 Å². The van der Waals surface area contributed by atoms with E-state index in [1.807, 2.05) is 0 Å². The van der Waals surface area contributed by atoms with Crippen LogP contribution in [-0.2, 0) is 5.41 Å². The third-order valence-electron chi connectivity index (χ3n) is 12.0. The van der Waals surface area contributed by atoms with Crippen LogP contribution < -0.4 is 4.90 Å². The Morgan fingerprint density at radius 3 is 1.62 bits per heavy atom. The lowest BCUT2D eigenvalue weighted by Crippen LogP contribution is -2.26. The van der Waals surface area contributed by atoms with E-state index in [2.05, 4.69) is 205 Å². The van der Waals surface area contributed by atoms with E-state index in [0.717, 1.165) is 50.1 Å². The van der Waals surface area contributed by atoms with Crippen molar-refractivity contribution >= 4 is 49.8 Å². The minimum Gasteiger partial charge on any atom is -0.453 e. The van der Waals surface area contributed by atoms with Crippen LogP contribution in [0, 0.1) is 0 Å². The molecule has 10 aromatic rings. The number of hydrogen-bond donors (Lipinski definition) is 0. The Hall–Kier alpha value is -7.16. The predicted octanol–water partition coefficient (Wildman–Crippen LogP) is 14.2. The quantitative estimate of drug-likeness (QED) is 0.182. The average molecular weight is 700 g/mol. The lowest BCUT2D eigenvalue weighted by Gasteiger charge is -2.32. The van der Waals surface area contributed by atoms with Gasteiger partial charge in [-0.2, -0.15) is 0 Å². The molecule has 2 aliphatic rings. The zero-order chi connectivity index (χ0) is 36.1. The van der Waals surface area contributed by atoms with Gasteiger partial charge in [-0.15, -0.1) is 0 Å². The van der Waals surface area contributed by atoms with Crippen molar-refractivity contribution in [3.8, 4) is 33.4 Å². The number of anilines is 3. The highest BCUT2D eigenvalue weighted by Gasteiger charge is 2.51. The summed E-state index contributed by atoms with van der Waals surface area (Å²) in [7, 11) is 0. The van der Waals surface area contributed by atoms with Crippen LogP contribution in [0.1, 0.15) is 22.3 Å². The molecule has 0 N–H and O–H groups in total. The van der Waals surface area contributed by atoms with E-state index in [1.54, 1.807) is 0 Å². The molecule has 55 heavy (non-hydrogen) atoms. The van der Waals surface area contributed by atoms with Crippen LogP contribution in [0.2, 0.25) is 0 Å². The predicted molar refractivity (Wildman–Crippen MR) is 228 cm³/mol. The molecular formula is C53H33NO. The second kappa shape index (κ2) is 11.4. The van der Waals surface area contributed by atoms with Crippen molar-refractivity contribution in [1.82, 2.24) is 0 Å². The SMILES string of the molecule is c1ccc(-c2c3ccccc3cc3c2oc2c(N(c4ccccc4)c4ccc5c(c4)C4(c6ccccc6-c6ccccc64)c4ccccc4-5)cccc23)cc1. The van der Waals surface area contributed by atoms with Crippen LogP contribution in [-0.4, -0.2) is 0 Å². The zero-order valence-corrected chi connectivity index (χ0v) is 29.9. The van der Waals surface area contributed by atoms with Gasteiger partial charge >= 0.3 is 0 Å². The fourth-order valence-corrected chi connectivity index (χ4v) is 9.87. The minimum absolute atomic E-state index is 0.437. The Labute approximate surface area is 319 Å². The zero-order valence-electron chi connectivity index (χ0n) is 29.9. The van der Waals surface area contributed by atoms with Crippen LogP contribution in [0.4, 0.5) is 17.1 Å². The summed E-state index contributed by atoms with van der Waals surface area (Å²) in [6.45, 7) is 0. The molecule has 2 aliphatic carbocycles. The van der Waals surface area contributed by atoms with E-state index in [4.69, 9.17) is 4.42 Å². The molecule has 1 heterocycles. The van der Waals surface area contributed by atoms with Gasteiger partial charge in [0.2, 0.25) is 0 Å². The summed E-state index contributed by atoms with van der Waals surface area (Å²) in [5.41, 5.74) is 17.3. The monoisotopic (exact) mass is 699 g/mol. The molecule has 0 saturated carbocycles. The molecule has 0 amide bonds. The fraction of sp³-hybridized carbons (Fsp3) is 0.0189. The van der Waals surface area contributed by atoms with Gasteiger partial charge in [-0.1, -0.05) is 164 Å². The molecule has 0 saturated heterocycles. The normalized spacial score (nSPS) is 13.2. The van der Waals surface area contributed by atoms with Gasteiger partial charge in [-0.05, 0) is 97.2 Å². The summed E-state index contributed by atoms with van der Waals surface area (Å²) in [6, 6.07) is 73.0. The molecular weight excluding hydrogens is 667 g/mol. The smallest absolute Gasteiger partial charge is 0.159 e. The first-order valence-electron chi connectivity index (χ1n) is 19.0. The maximum Gasteiger partial charge on any atom is 0.159 e. The molecule has 0 unspecified atom stereocenters. The van der Waals surface area contributed by atoms with Crippen molar-refractivity contribution < 1.29 is 4.42 Å². The third-order valence-corrected chi connectivity index (χ3v) is 12.0. The number of rotatable bonds is 4. The summed E-state index contributed by atoms with van der Waals surface area (Å²) in [6.07, 6.45) is 0. The highest BCUT2D eigenvalue weighted by molar-refractivity contribution is 6.20. The molecule has 2 nitrogen and oxygen atoms in total. The lowest BCUT2D eigenvalue weighted by atomic mass is 9.70. The lowest BCUT2D eigenvalue weighted by molar-refractivity contribution is 0.670. The molecule has 9 aromatic carbocycles. The van der Waals surface area contributed by atoms with Crippen molar-refractivity contribution in [3.05, 3.63) is 222 Å². The third kappa shape index (κ3) is 4.08. The molecule has 256 valence electrons. The van der Waals surface area contributed by atoms with Crippen LogP contribution in [0.5, 0.6) is 0 Å². The number of benzene rings is 9. The molecule has 0 radical (unpaired) electrons. The van der Waals surface area contributed by atoms with E-state index in [1.165, 1.54) is 55.3 Å². The van der Waals surface area contributed by atoms with Gasteiger partial charge in [-0.3, -0.25) is 0 Å². The topological polar surface area (TPSA) is 16.4 Å². The molecule has 0 fully saturated rings. The van der Waals surface area contributed by atoms with Crippen LogP contribution in [0.3, 0.4) is 0 Å². The number of furan rings is 1. The second-order valence-electron chi connectivity index (χ2n) is 14.8. The van der Waals surface area contributed by atoms with Crippen molar-refractivity contribution in [1.29, 1.82) is 0 Å². The van der Waals surface area contributed by atoms with Crippen molar-refractivity contribution in [3.63, 3.8) is 0 Å². The van der Waals surface area contributed by atoms with Crippen molar-refractivity contribution in [2.75, 3.05) is 4.90 Å². The van der Waals surface area contributed by atoms with Crippen LogP contribution >= 0.6 is 0 Å². The van der Waals surface area contributed by atoms with E-state index < -0.39 is 5.41 Å². The Morgan fingerprint density at radius 2 is 0.927 bits per heavy atom. The maximum absolute atomic E-state index is 7.19. The second-order valence-corrected chi connectivity index (χ2v) is 14.8. The van der Waals surface area contributed by atoms with E-state index in [-0.39, 0.29) is 0 Å². The number of hydrogen-bond acceptors (Lipinski definition) is 2. The van der Waals surface area contributed by atoms with Crippen LogP contribution in [0.15, 0.2) is 205 Å². The van der Waals surface area contributed by atoms with E-state index >= 15 is 0 Å². The highest BCUT2D eigenvalue weighted by atomic mass is 16.3. The summed E-state index contributed by atoms with van der Waals surface area (Å²) in [5, 5.41) is 4.59. The summed E-state index contributed by atoms with van der Waals surface area (Å²) >= 11 is 0. The first kappa shape index (κ1) is 30.3. The largest absolute Gasteiger partial charge is 0.453 e. The molecule has 1 spiro atoms. The molecule has 1 aromatic heterocycles. The van der Waals surface area contributed by atoms with Gasteiger partial charge in [0.05, 0.1) is 11.1 Å². The summed E-state index contributed by atoms with van der Waals surface area (Å²) in [5.74, 6) is 0. The fourth-order valence-electron chi connectivity index (χ4n) is 9.87. The van der Waals surface area contributed by atoms with Gasteiger partial charge in [0.15, 0.2) is 5.58 Å². The number of fused-ring (bicyclic) bond motifs is 14. The Kier molecular flexibility index (Phi) is 6.29. The molecule has 12 rings (SSSR count). The number of nitrogens with zero attached hydrogens (tertiary/aromatic N) is 1. The average Bonchev–Trinajstić information content (AvgIpc) is 3.88. The maximum atomic E-state index is 7.19. The highest BCUT2D eigenvalue weighted by Crippen LogP contribution is 2.63. The first-order valence-corrected chi connectivity index (χ1v) is 19.0. The van der Waals surface area contributed by atoms with Gasteiger partial charge in [0, 0.05) is 27.7 Å². The summed E-state index contributed by atoms with van der Waals surface area (Å²) < 4.78 is 7.19. The van der Waals surface area contributed by atoms with Gasteiger partial charge in [-0.25, -0.2) is 0 Å². The van der Waals surface area contributed by atoms with Crippen molar-refractivity contribution in [2.45, 2.75) is 5.41 Å². The standard InChI is InChI=1S/C53H33NO/c1-3-16-34(17-4-1)50-38-21-8-7-18-35(38)32-44-43-25-15-29-49(51(43)55-52(44)50)54(36-19-5-2-6-20-36)37-30-31-42-41-24-11-14-28-47(41)53(48(42)33-37)45-26-12-9-22-39(45)40-23-10-13-27-46(40)53/h1-33H. The molecule has 0 bridgehead atoms. The van der Waals surface area contributed by atoms with Crippen molar-refractivity contribution in [2.24, 2.45) is 0 Å². The Bertz CT molecular complexity index is 3090. The Morgan fingerprint density at radius 1 is 0.364 bits per heavy atom. The molecule has 0 atom stereocenters. The van der Waals surface area contributed by atoms with Crippen LogP contribution in [0.25, 0.3) is 66.1 Å². The molecule has 0 aliphatic heterocycles. The van der Waals surface area contributed by atoms with Gasteiger partial charge in [0.25, 0.3) is 0 Å². The van der Waals surface area contributed by atoms with E-state index in [9.17, 15) is 0 Å². The number of para-hydroxylation sites is 2.